The molecule has 0 bridgehead atoms. The molecule has 0 spiro atoms. The maximum Gasteiger partial charge on any atom is 0.0662 e. The van der Waals surface area contributed by atoms with Crippen LogP contribution < -0.4 is 5.32 Å². The number of aryl methyl sites for hydroxylation is 1. The molecule has 0 saturated heterocycles. The minimum Gasteiger partial charge on any atom is -0.379 e. The molecule has 0 fully saturated rings. The van der Waals surface area contributed by atoms with Gasteiger partial charge in [0, 0.05) is 12.3 Å². The smallest absolute Gasteiger partial charge is 0.0662 e. The third kappa shape index (κ3) is 6.62. The molecule has 1 rings (SSSR count). The molecule has 0 atom stereocenters. The Labute approximate surface area is 130 Å². The van der Waals surface area contributed by atoms with Gasteiger partial charge in [-0.1, -0.05) is 27.7 Å². The highest BCUT2D eigenvalue weighted by molar-refractivity contribution is 5.24. The van der Waals surface area contributed by atoms with Crippen molar-refractivity contribution in [3.05, 3.63) is 17.0 Å². The second-order valence-corrected chi connectivity index (χ2v) is 6.69. The lowest BCUT2D eigenvalue weighted by Gasteiger charge is -2.09. The maximum atomic E-state index is 5.65. The summed E-state index contributed by atoms with van der Waals surface area (Å²) in [6.45, 7) is 17.6. The summed E-state index contributed by atoms with van der Waals surface area (Å²) in [6.07, 6.45) is 1.05. The zero-order valence-electron chi connectivity index (χ0n) is 14.7. The molecule has 0 aliphatic heterocycles. The molecule has 122 valence electrons. The standard InChI is InChI=1S/C17H33N3O/c1-13(2)11-18-8-7-17-15(5)19-20(16(17)6)9-10-21-12-14(3)4/h13-14,18H,7-12H2,1-6H3. The molecular formula is C17H33N3O. The van der Waals surface area contributed by atoms with Gasteiger partial charge >= 0.3 is 0 Å². The van der Waals surface area contributed by atoms with Gasteiger partial charge in [-0.05, 0) is 50.8 Å². The molecular weight excluding hydrogens is 262 g/mol. The summed E-state index contributed by atoms with van der Waals surface area (Å²) < 4.78 is 7.75. The van der Waals surface area contributed by atoms with Crippen molar-refractivity contribution in [3.8, 4) is 0 Å². The summed E-state index contributed by atoms with van der Waals surface area (Å²) in [7, 11) is 0. The number of aromatic nitrogens is 2. The SMILES string of the molecule is Cc1nn(CCOCC(C)C)c(C)c1CCNCC(C)C. The van der Waals surface area contributed by atoms with Crippen molar-refractivity contribution in [1.82, 2.24) is 15.1 Å². The molecule has 4 heteroatoms. The van der Waals surface area contributed by atoms with Crippen molar-refractivity contribution in [2.75, 3.05) is 26.3 Å². The van der Waals surface area contributed by atoms with E-state index in [1.807, 2.05) is 0 Å². The van der Waals surface area contributed by atoms with Crippen LogP contribution in [0.4, 0.5) is 0 Å². The second-order valence-electron chi connectivity index (χ2n) is 6.69. The Kier molecular flexibility index (Phi) is 7.97. The first-order valence-corrected chi connectivity index (χ1v) is 8.23. The predicted octanol–water partition coefficient (Wildman–Crippen LogP) is 2.96. The zero-order chi connectivity index (χ0) is 15.8. The summed E-state index contributed by atoms with van der Waals surface area (Å²) in [6, 6.07) is 0. The quantitative estimate of drug-likeness (QED) is 0.675. The van der Waals surface area contributed by atoms with Gasteiger partial charge in [-0.25, -0.2) is 0 Å². The van der Waals surface area contributed by atoms with Gasteiger partial charge in [-0.15, -0.1) is 0 Å². The number of nitrogens with zero attached hydrogens (tertiary/aromatic N) is 2. The first-order valence-electron chi connectivity index (χ1n) is 8.23. The van der Waals surface area contributed by atoms with Gasteiger partial charge in [0.05, 0.1) is 18.8 Å². The van der Waals surface area contributed by atoms with Gasteiger partial charge in [0.15, 0.2) is 0 Å². The highest BCUT2D eigenvalue weighted by atomic mass is 16.5. The van der Waals surface area contributed by atoms with Gasteiger partial charge < -0.3 is 10.1 Å². The van der Waals surface area contributed by atoms with Crippen molar-refractivity contribution >= 4 is 0 Å². The van der Waals surface area contributed by atoms with E-state index in [-0.39, 0.29) is 0 Å². The average molecular weight is 295 g/mol. The summed E-state index contributed by atoms with van der Waals surface area (Å²) in [5.41, 5.74) is 3.82. The number of ether oxygens (including phenoxy) is 1. The van der Waals surface area contributed by atoms with Gasteiger partial charge in [0.2, 0.25) is 0 Å². The zero-order valence-corrected chi connectivity index (χ0v) is 14.7. The Morgan fingerprint density at radius 2 is 1.86 bits per heavy atom. The van der Waals surface area contributed by atoms with Crippen molar-refractivity contribution in [2.45, 2.75) is 54.5 Å². The van der Waals surface area contributed by atoms with Crippen LogP contribution in [-0.2, 0) is 17.7 Å². The van der Waals surface area contributed by atoms with Crippen molar-refractivity contribution < 1.29 is 4.74 Å². The topological polar surface area (TPSA) is 39.1 Å². The number of hydrogen-bond donors (Lipinski definition) is 1. The van der Waals surface area contributed by atoms with E-state index in [9.17, 15) is 0 Å². The Bertz CT molecular complexity index is 410. The van der Waals surface area contributed by atoms with Crippen molar-refractivity contribution in [3.63, 3.8) is 0 Å². The minimum atomic E-state index is 0.591. The van der Waals surface area contributed by atoms with Crippen LogP contribution in [0.25, 0.3) is 0 Å². The predicted molar refractivity (Wildman–Crippen MR) is 88.8 cm³/mol. The van der Waals surface area contributed by atoms with Gasteiger partial charge in [0.25, 0.3) is 0 Å². The third-order valence-corrected chi connectivity index (χ3v) is 3.53. The first kappa shape index (κ1) is 18.2. The molecule has 0 amide bonds. The summed E-state index contributed by atoms with van der Waals surface area (Å²) in [4.78, 5) is 0. The van der Waals surface area contributed by atoms with Crippen LogP contribution in [0.1, 0.15) is 44.6 Å². The van der Waals surface area contributed by atoms with Gasteiger partial charge in [-0.3, -0.25) is 4.68 Å². The molecule has 1 heterocycles. The molecule has 0 aliphatic carbocycles. The molecule has 0 aromatic carbocycles. The van der Waals surface area contributed by atoms with Crippen LogP contribution in [0.5, 0.6) is 0 Å². The van der Waals surface area contributed by atoms with E-state index >= 15 is 0 Å². The highest BCUT2D eigenvalue weighted by Crippen LogP contribution is 2.13. The molecule has 0 radical (unpaired) electrons. The van der Waals surface area contributed by atoms with Crippen molar-refractivity contribution in [2.24, 2.45) is 11.8 Å². The van der Waals surface area contributed by atoms with E-state index in [2.05, 4.69) is 56.6 Å². The molecule has 1 N–H and O–H groups in total. The van der Waals surface area contributed by atoms with Gasteiger partial charge in [0.1, 0.15) is 0 Å². The Morgan fingerprint density at radius 3 is 2.48 bits per heavy atom. The lowest BCUT2D eigenvalue weighted by molar-refractivity contribution is 0.100. The molecule has 0 saturated carbocycles. The maximum absolute atomic E-state index is 5.65. The Balaban J connectivity index is 2.43. The summed E-state index contributed by atoms with van der Waals surface area (Å²) in [5, 5.41) is 8.15. The molecule has 21 heavy (non-hydrogen) atoms. The summed E-state index contributed by atoms with van der Waals surface area (Å²) >= 11 is 0. The Morgan fingerprint density at radius 1 is 1.14 bits per heavy atom. The lowest BCUT2D eigenvalue weighted by Crippen LogP contribution is -2.22. The Hall–Kier alpha value is -0.870. The first-order chi connectivity index (χ1) is 9.91. The normalized spacial score (nSPS) is 11.8. The third-order valence-electron chi connectivity index (χ3n) is 3.53. The molecule has 1 aromatic heterocycles. The van der Waals surface area contributed by atoms with E-state index in [1.165, 1.54) is 11.3 Å². The van der Waals surface area contributed by atoms with Crippen molar-refractivity contribution in [1.29, 1.82) is 0 Å². The van der Waals surface area contributed by atoms with Crippen LogP contribution in [0.3, 0.4) is 0 Å². The highest BCUT2D eigenvalue weighted by Gasteiger charge is 2.11. The van der Waals surface area contributed by atoms with Crippen LogP contribution >= 0.6 is 0 Å². The van der Waals surface area contributed by atoms with Gasteiger partial charge in [-0.2, -0.15) is 5.10 Å². The van der Waals surface area contributed by atoms with E-state index < -0.39 is 0 Å². The van der Waals surface area contributed by atoms with E-state index in [4.69, 9.17) is 4.74 Å². The molecule has 0 aliphatic rings. The molecule has 1 aromatic rings. The fourth-order valence-corrected chi connectivity index (χ4v) is 2.39. The minimum absolute atomic E-state index is 0.591. The van der Waals surface area contributed by atoms with Crippen LogP contribution in [-0.4, -0.2) is 36.1 Å². The summed E-state index contributed by atoms with van der Waals surface area (Å²) in [5.74, 6) is 1.29. The van der Waals surface area contributed by atoms with Crippen LogP contribution in [0, 0.1) is 25.7 Å². The molecule has 0 unspecified atom stereocenters. The number of rotatable bonds is 10. The number of nitrogens with one attached hydrogen (secondary N) is 1. The van der Waals surface area contributed by atoms with E-state index in [0.29, 0.717) is 11.8 Å². The van der Waals surface area contributed by atoms with E-state index in [0.717, 1.165) is 45.0 Å². The average Bonchev–Trinajstić information content (AvgIpc) is 2.66. The molecule has 4 nitrogen and oxygen atoms in total. The second kappa shape index (κ2) is 9.21. The monoisotopic (exact) mass is 295 g/mol. The fourth-order valence-electron chi connectivity index (χ4n) is 2.39. The van der Waals surface area contributed by atoms with Crippen LogP contribution in [0.2, 0.25) is 0 Å². The van der Waals surface area contributed by atoms with E-state index in [1.54, 1.807) is 0 Å². The largest absolute Gasteiger partial charge is 0.379 e. The fraction of sp³-hybridized carbons (Fsp3) is 0.824. The van der Waals surface area contributed by atoms with Crippen LogP contribution in [0.15, 0.2) is 0 Å². The lowest BCUT2D eigenvalue weighted by atomic mass is 10.1. The number of hydrogen-bond acceptors (Lipinski definition) is 3.